The summed E-state index contributed by atoms with van der Waals surface area (Å²) in [6, 6.07) is 0.310. The van der Waals surface area contributed by atoms with Crippen LogP contribution in [0, 0.1) is 13.8 Å². The first kappa shape index (κ1) is 23.9. The van der Waals surface area contributed by atoms with Crippen molar-refractivity contribution in [1.29, 1.82) is 0 Å². The Labute approximate surface area is 183 Å². The lowest BCUT2D eigenvalue weighted by Gasteiger charge is -2.27. The van der Waals surface area contributed by atoms with Crippen LogP contribution in [-0.2, 0) is 11.3 Å². The molecule has 0 bridgehead atoms. The molecule has 1 aliphatic rings. The van der Waals surface area contributed by atoms with Gasteiger partial charge < -0.3 is 20.3 Å². The molecule has 0 unspecified atom stereocenters. The van der Waals surface area contributed by atoms with Crippen LogP contribution in [0.1, 0.15) is 49.2 Å². The van der Waals surface area contributed by atoms with Gasteiger partial charge in [-0.1, -0.05) is 0 Å². The van der Waals surface area contributed by atoms with E-state index in [9.17, 15) is 4.79 Å². The Hall–Kier alpha value is -1.10. The van der Waals surface area contributed by atoms with E-state index in [0.29, 0.717) is 25.7 Å². The van der Waals surface area contributed by atoms with Gasteiger partial charge in [0.05, 0.1) is 17.2 Å². The van der Waals surface area contributed by atoms with E-state index in [1.807, 2.05) is 39.5 Å². The number of nitrogens with one attached hydrogen (secondary N) is 2. The highest BCUT2D eigenvalue weighted by atomic mass is 127. The van der Waals surface area contributed by atoms with Crippen LogP contribution < -0.4 is 10.6 Å². The minimum Gasteiger partial charge on any atom is -0.444 e. The monoisotopic (exact) mass is 509 g/mol. The maximum Gasteiger partial charge on any atom is 0.410 e. The molecule has 1 amide bonds. The summed E-state index contributed by atoms with van der Waals surface area (Å²) in [7, 11) is 1.74. The summed E-state index contributed by atoms with van der Waals surface area (Å²) >= 11 is 1.69. The molecule has 1 heterocycles. The van der Waals surface area contributed by atoms with Gasteiger partial charge in [-0.05, 0) is 47.5 Å². The second-order valence-corrected chi connectivity index (χ2v) is 8.79. The normalized spacial score (nSPS) is 14.4. The van der Waals surface area contributed by atoms with Crippen LogP contribution >= 0.6 is 35.3 Å². The fourth-order valence-corrected chi connectivity index (χ4v) is 3.42. The van der Waals surface area contributed by atoms with Crippen LogP contribution in [0.25, 0.3) is 0 Å². The second kappa shape index (κ2) is 10.4. The smallest absolute Gasteiger partial charge is 0.410 e. The Balaban J connectivity index is 0.00000364. The zero-order valence-electron chi connectivity index (χ0n) is 17.1. The number of hydrogen-bond donors (Lipinski definition) is 2. The average molecular weight is 509 g/mol. The summed E-state index contributed by atoms with van der Waals surface area (Å²) < 4.78 is 5.51. The van der Waals surface area contributed by atoms with Gasteiger partial charge in [-0.15, -0.1) is 35.3 Å². The Kier molecular flexibility index (Phi) is 9.26. The van der Waals surface area contributed by atoms with Crippen molar-refractivity contribution < 1.29 is 9.53 Å². The molecule has 1 aromatic rings. The van der Waals surface area contributed by atoms with Gasteiger partial charge in [0.25, 0.3) is 0 Å². The third-order valence-electron chi connectivity index (χ3n) is 3.90. The minimum atomic E-state index is -0.472. The van der Waals surface area contributed by atoms with E-state index >= 15 is 0 Å². The zero-order valence-corrected chi connectivity index (χ0v) is 20.2. The minimum absolute atomic E-state index is 0. The van der Waals surface area contributed by atoms with E-state index in [0.717, 1.165) is 29.5 Å². The van der Waals surface area contributed by atoms with Crippen molar-refractivity contribution in [2.24, 2.45) is 4.99 Å². The molecule has 154 valence electrons. The molecule has 9 heteroatoms. The van der Waals surface area contributed by atoms with Gasteiger partial charge in [0.2, 0.25) is 0 Å². The lowest BCUT2D eigenvalue weighted by Crippen LogP contribution is -2.45. The summed E-state index contributed by atoms with van der Waals surface area (Å²) in [6.45, 7) is 11.6. The van der Waals surface area contributed by atoms with Crippen LogP contribution in [0.15, 0.2) is 4.99 Å². The van der Waals surface area contributed by atoms with Gasteiger partial charge in [-0.3, -0.25) is 4.99 Å². The molecular formula is C18H32IN5O2S. The van der Waals surface area contributed by atoms with E-state index in [4.69, 9.17) is 4.74 Å². The molecule has 2 rings (SSSR count). The number of aromatic nitrogens is 1. The number of amides is 1. The van der Waals surface area contributed by atoms with E-state index in [1.165, 1.54) is 4.88 Å². The number of aliphatic imine (C=N–C) groups is 1. The van der Waals surface area contributed by atoms with Crippen molar-refractivity contribution in [3.8, 4) is 0 Å². The summed E-state index contributed by atoms with van der Waals surface area (Å²) in [5.74, 6) is 0.718. The number of hydrogen-bond acceptors (Lipinski definition) is 5. The van der Waals surface area contributed by atoms with Crippen LogP contribution in [0.5, 0.6) is 0 Å². The van der Waals surface area contributed by atoms with Crippen molar-refractivity contribution in [1.82, 2.24) is 20.5 Å². The third kappa shape index (κ3) is 8.20. The number of carbonyl (C=O) groups is 1. The summed E-state index contributed by atoms with van der Waals surface area (Å²) in [6.07, 6.45) is 1.87. The molecule has 7 nitrogen and oxygen atoms in total. The Morgan fingerprint density at radius 2 is 2.00 bits per heavy atom. The zero-order chi connectivity index (χ0) is 19.3. The highest BCUT2D eigenvalue weighted by molar-refractivity contribution is 14.0. The van der Waals surface area contributed by atoms with Crippen LogP contribution in [-0.4, -0.2) is 53.7 Å². The quantitative estimate of drug-likeness (QED) is 0.349. The lowest BCUT2D eigenvalue weighted by atomic mass is 10.2. The maximum absolute atomic E-state index is 12.4. The molecule has 0 spiro atoms. The number of aryl methyl sites for hydroxylation is 2. The summed E-state index contributed by atoms with van der Waals surface area (Å²) in [4.78, 5) is 24.1. The van der Waals surface area contributed by atoms with Crippen molar-refractivity contribution in [2.75, 3.05) is 20.1 Å². The van der Waals surface area contributed by atoms with Gasteiger partial charge in [0.1, 0.15) is 5.60 Å². The first-order valence-electron chi connectivity index (χ1n) is 9.06. The number of ether oxygens (including phenoxy) is 1. The molecular weight excluding hydrogens is 477 g/mol. The topological polar surface area (TPSA) is 78.9 Å². The molecule has 27 heavy (non-hydrogen) atoms. The van der Waals surface area contributed by atoms with Crippen molar-refractivity contribution in [3.63, 3.8) is 0 Å². The predicted octanol–water partition coefficient (Wildman–Crippen LogP) is 3.44. The van der Waals surface area contributed by atoms with Gasteiger partial charge >= 0.3 is 6.09 Å². The van der Waals surface area contributed by atoms with Gasteiger partial charge in [0, 0.05) is 31.1 Å². The van der Waals surface area contributed by atoms with Crippen molar-refractivity contribution in [3.05, 3.63) is 15.6 Å². The van der Waals surface area contributed by atoms with Crippen molar-refractivity contribution >= 4 is 47.4 Å². The molecule has 0 saturated heterocycles. The molecule has 0 atom stereocenters. The molecule has 0 radical (unpaired) electrons. The highest BCUT2D eigenvalue weighted by Gasteiger charge is 2.34. The molecule has 0 aromatic carbocycles. The maximum atomic E-state index is 12.4. The van der Waals surface area contributed by atoms with Crippen LogP contribution in [0.2, 0.25) is 0 Å². The molecule has 2 N–H and O–H groups in total. The second-order valence-electron chi connectivity index (χ2n) is 7.50. The summed E-state index contributed by atoms with van der Waals surface area (Å²) in [5, 5.41) is 7.64. The van der Waals surface area contributed by atoms with Crippen LogP contribution in [0.4, 0.5) is 4.79 Å². The summed E-state index contributed by atoms with van der Waals surface area (Å²) in [5.41, 5.74) is 0.584. The number of carbonyl (C=O) groups excluding carboxylic acids is 1. The molecule has 1 fully saturated rings. The number of nitrogens with zero attached hydrogens (tertiary/aromatic N) is 3. The van der Waals surface area contributed by atoms with Gasteiger partial charge in [-0.25, -0.2) is 9.78 Å². The lowest BCUT2D eigenvalue weighted by molar-refractivity contribution is 0.0238. The molecule has 0 aliphatic heterocycles. The Morgan fingerprint density at radius 1 is 1.33 bits per heavy atom. The molecule has 1 saturated carbocycles. The SMILES string of the molecule is CN=C(NCCN(C(=O)OC(C)(C)C)C1CC1)NCc1sc(C)nc1C.I. The van der Waals surface area contributed by atoms with Crippen molar-refractivity contribution in [2.45, 2.75) is 65.6 Å². The standard InChI is InChI=1S/C18H31N5O2S.HI/c1-12-15(26-13(2)22-12)11-21-16(19-6)20-9-10-23(14-7-8-14)17(24)25-18(3,4)5;/h14H,7-11H2,1-6H3,(H2,19,20,21);1H. The van der Waals surface area contributed by atoms with Crippen LogP contribution in [0.3, 0.4) is 0 Å². The predicted molar refractivity (Wildman–Crippen MR) is 121 cm³/mol. The van der Waals surface area contributed by atoms with E-state index in [2.05, 4.69) is 20.6 Å². The number of thiazole rings is 1. The van der Waals surface area contributed by atoms with Gasteiger partial charge in [0.15, 0.2) is 5.96 Å². The van der Waals surface area contributed by atoms with Gasteiger partial charge in [-0.2, -0.15) is 0 Å². The Morgan fingerprint density at radius 3 is 2.48 bits per heavy atom. The first-order chi connectivity index (χ1) is 12.2. The average Bonchev–Trinajstić information content (AvgIpc) is 3.30. The molecule has 1 aliphatic carbocycles. The first-order valence-corrected chi connectivity index (χ1v) is 9.88. The number of rotatable bonds is 6. The highest BCUT2D eigenvalue weighted by Crippen LogP contribution is 2.28. The van der Waals surface area contributed by atoms with E-state index in [1.54, 1.807) is 18.4 Å². The number of halogens is 1. The van der Waals surface area contributed by atoms with E-state index < -0.39 is 5.60 Å². The third-order valence-corrected chi connectivity index (χ3v) is 4.97. The number of guanidine groups is 1. The fraction of sp³-hybridized carbons (Fsp3) is 0.722. The fourth-order valence-electron chi connectivity index (χ4n) is 2.55. The molecule has 1 aromatic heterocycles. The van der Waals surface area contributed by atoms with E-state index in [-0.39, 0.29) is 30.1 Å². The largest absolute Gasteiger partial charge is 0.444 e. The Bertz CT molecular complexity index is 653.